The van der Waals surface area contributed by atoms with E-state index in [1.54, 1.807) is 6.34 Å². The summed E-state index contributed by atoms with van der Waals surface area (Å²) in [7, 11) is 3.82. The molecule has 0 fully saturated rings. The predicted octanol–water partition coefficient (Wildman–Crippen LogP) is 3.39. The van der Waals surface area contributed by atoms with Gasteiger partial charge in [-0.05, 0) is 34.9 Å². The molecule has 0 amide bonds. The fraction of sp³-hybridized carbons (Fsp3) is 0.250. The predicted molar refractivity (Wildman–Crippen MR) is 90.4 cm³/mol. The van der Waals surface area contributed by atoms with Crippen LogP contribution in [0, 0.1) is 6.92 Å². The zero-order chi connectivity index (χ0) is 16.4. The van der Waals surface area contributed by atoms with Gasteiger partial charge in [-0.3, -0.25) is 0 Å². The van der Waals surface area contributed by atoms with Crippen molar-refractivity contribution in [3.05, 3.63) is 46.1 Å². The van der Waals surface area contributed by atoms with E-state index in [4.69, 9.17) is 16.2 Å². The maximum atomic E-state index is 5.95. The van der Waals surface area contributed by atoms with Crippen molar-refractivity contribution in [1.29, 1.82) is 0 Å². The number of halogens is 1. The highest BCUT2D eigenvalue weighted by Crippen LogP contribution is 2.31. The van der Waals surface area contributed by atoms with E-state index in [-0.39, 0.29) is 0 Å². The molecule has 0 aliphatic carbocycles. The first-order valence-corrected chi connectivity index (χ1v) is 7.49. The molecule has 23 heavy (non-hydrogen) atoms. The molecule has 0 radical (unpaired) electrons. The average molecular weight is 330 g/mol. The minimum absolute atomic E-state index is 0.466. The molecule has 1 aromatic carbocycles. The Morgan fingerprint density at radius 2 is 1.96 bits per heavy atom. The zero-order valence-corrected chi connectivity index (χ0v) is 13.9. The largest absolute Gasteiger partial charge is 0.369 e. The third-order valence-electron chi connectivity index (χ3n) is 3.40. The van der Waals surface area contributed by atoms with Crippen molar-refractivity contribution in [2.45, 2.75) is 13.3 Å². The van der Waals surface area contributed by atoms with Gasteiger partial charge in [-0.1, -0.05) is 23.7 Å². The molecular formula is C16H16ClN5O. The lowest BCUT2D eigenvalue weighted by molar-refractivity contribution is 0.315. The molecule has 0 atom stereocenters. The van der Waals surface area contributed by atoms with Gasteiger partial charge in [0.2, 0.25) is 5.65 Å². The van der Waals surface area contributed by atoms with Gasteiger partial charge in [0.05, 0.1) is 6.34 Å². The molecule has 0 unspecified atom stereocenters. The molecule has 6 nitrogen and oxygen atoms in total. The second kappa shape index (κ2) is 6.34. The van der Waals surface area contributed by atoms with Gasteiger partial charge in [0.1, 0.15) is 5.69 Å². The maximum Gasteiger partial charge on any atom is 0.226 e. The first-order valence-electron chi connectivity index (χ1n) is 7.11. The fourth-order valence-electron chi connectivity index (χ4n) is 2.28. The second-order valence-corrected chi connectivity index (χ2v) is 5.91. The van der Waals surface area contributed by atoms with Crippen LogP contribution in [0.25, 0.3) is 11.2 Å². The van der Waals surface area contributed by atoms with Crippen LogP contribution in [-0.4, -0.2) is 40.6 Å². The van der Waals surface area contributed by atoms with Gasteiger partial charge in [0.25, 0.3) is 0 Å². The third kappa shape index (κ3) is 3.32. The Morgan fingerprint density at radius 3 is 2.65 bits per heavy atom. The average Bonchev–Trinajstić information content (AvgIpc) is 2.96. The third-order valence-corrected chi connectivity index (χ3v) is 3.66. The molecule has 2 heterocycles. The number of rotatable bonds is 4. The normalized spacial score (nSPS) is 11.5. The number of pyridine rings is 1. The second-order valence-electron chi connectivity index (χ2n) is 5.47. The minimum Gasteiger partial charge on any atom is -0.369 e. The van der Waals surface area contributed by atoms with Gasteiger partial charge in [0, 0.05) is 36.8 Å². The summed E-state index contributed by atoms with van der Waals surface area (Å²) < 4.78 is 4.82. The quantitative estimate of drug-likeness (QED) is 0.542. The fourth-order valence-corrected chi connectivity index (χ4v) is 2.40. The topological polar surface area (TPSA) is 67.4 Å². The van der Waals surface area contributed by atoms with Crippen molar-refractivity contribution in [1.82, 2.24) is 20.2 Å². The van der Waals surface area contributed by atoms with Crippen LogP contribution in [-0.2, 0) is 6.42 Å². The van der Waals surface area contributed by atoms with Crippen molar-refractivity contribution >= 4 is 34.8 Å². The summed E-state index contributed by atoms with van der Waals surface area (Å²) in [6.07, 6.45) is 2.41. The van der Waals surface area contributed by atoms with Gasteiger partial charge in [0.15, 0.2) is 5.52 Å². The molecule has 0 N–H and O–H groups in total. The van der Waals surface area contributed by atoms with Crippen LogP contribution in [0.3, 0.4) is 0 Å². The molecule has 0 spiro atoms. The number of aromatic nitrogens is 3. The highest BCUT2D eigenvalue weighted by Gasteiger charge is 2.16. The Kier molecular flexibility index (Phi) is 4.25. The summed E-state index contributed by atoms with van der Waals surface area (Å²) in [6.45, 7) is 1.94. The van der Waals surface area contributed by atoms with E-state index in [0.717, 1.165) is 22.5 Å². The van der Waals surface area contributed by atoms with Crippen LogP contribution in [0.2, 0.25) is 5.02 Å². The smallest absolute Gasteiger partial charge is 0.226 e. The Bertz CT molecular complexity index is 855. The van der Waals surface area contributed by atoms with Gasteiger partial charge in [-0.25, -0.2) is 14.6 Å². The molecule has 0 saturated carbocycles. The van der Waals surface area contributed by atoms with Crippen LogP contribution in [0.1, 0.15) is 16.8 Å². The minimum atomic E-state index is 0.466. The number of aliphatic imine (C=N–C) groups is 1. The van der Waals surface area contributed by atoms with Crippen molar-refractivity contribution in [2.75, 3.05) is 14.1 Å². The molecule has 7 heteroatoms. The van der Waals surface area contributed by atoms with E-state index < -0.39 is 0 Å². The van der Waals surface area contributed by atoms with E-state index in [1.807, 2.05) is 50.2 Å². The Morgan fingerprint density at radius 1 is 1.22 bits per heavy atom. The Labute approximate surface area is 138 Å². The summed E-state index contributed by atoms with van der Waals surface area (Å²) >= 11 is 5.95. The van der Waals surface area contributed by atoms with Gasteiger partial charge in [-0.15, -0.1) is 0 Å². The first kappa shape index (κ1) is 15.4. The van der Waals surface area contributed by atoms with Crippen molar-refractivity contribution < 1.29 is 4.63 Å². The van der Waals surface area contributed by atoms with E-state index in [0.29, 0.717) is 22.6 Å². The van der Waals surface area contributed by atoms with Crippen LogP contribution in [0.5, 0.6) is 0 Å². The number of hydrogen-bond donors (Lipinski definition) is 0. The molecule has 0 bridgehead atoms. The number of aryl methyl sites for hydroxylation is 1. The zero-order valence-electron chi connectivity index (χ0n) is 13.1. The number of fused-ring (bicyclic) bond motifs is 1. The molecule has 0 aliphatic rings. The van der Waals surface area contributed by atoms with Crippen molar-refractivity contribution in [2.24, 2.45) is 4.99 Å². The van der Waals surface area contributed by atoms with E-state index in [1.165, 1.54) is 0 Å². The van der Waals surface area contributed by atoms with Gasteiger partial charge < -0.3 is 4.90 Å². The lowest BCUT2D eigenvalue weighted by Gasteiger charge is -2.10. The summed E-state index contributed by atoms with van der Waals surface area (Å²) in [5.74, 6) is 0. The molecule has 3 rings (SSSR count). The Hall–Kier alpha value is -2.47. The SMILES string of the molecule is Cc1nc2nonc2c(N=CN(C)C)c1Cc1ccc(Cl)cc1. The highest BCUT2D eigenvalue weighted by atomic mass is 35.5. The van der Waals surface area contributed by atoms with E-state index in [2.05, 4.69) is 20.3 Å². The number of hydrogen-bond acceptors (Lipinski definition) is 5. The van der Waals surface area contributed by atoms with Crippen molar-refractivity contribution in [3.63, 3.8) is 0 Å². The standard InChI is InChI=1S/C16H16ClN5O/c1-10-13(8-11-4-6-12(17)7-5-11)14(18-9-22(2)3)15-16(19-10)21-23-20-15/h4-7,9H,8H2,1-3H3. The first-order chi connectivity index (χ1) is 11.0. The molecule has 3 aromatic rings. The van der Waals surface area contributed by atoms with Gasteiger partial charge >= 0.3 is 0 Å². The summed E-state index contributed by atoms with van der Waals surface area (Å²) in [5, 5.41) is 8.49. The highest BCUT2D eigenvalue weighted by molar-refractivity contribution is 6.30. The van der Waals surface area contributed by atoms with Gasteiger partial charge in [-0.2, -0.15) is 0 Å². The molecule has 2 aromatic heterocycles. The lowest BCUT2D eigenvalue weighted by atomic mass is 10.0. The summed E-state index contributed by atoms with van der Waals surface area (Å²) in [4.78, 5) is 10.9. The lowest BCUT2D eigenvalue weighted by Crippen LogP contribution is -2.07. The maximum absolute atomic E-state index is 5.95. The molecular weight excluding hydrogens is 314 g/mol. The molecule has 0 aliphatic heterocycles. The number of benzene rings is 1. The monoisotopic (exact) mass is 329 g/mol. The van der Waals surface area contributed by atoms with Crippen LogP contribution in [0.4, 0.5) is 5.69 Å². The summed E-state index contributed by atoms with van der Waals surface area (Å²) in [6, 6.07) is 7.73. The molecule has 0 saturated heterocycles. The van der Waals surface area contributed by atoms with E-state index in [9.17, 15) is 0 Å². The summed E-state index contributed by atoms with van der Waals surface area (Å²) in [5.41, 5.74) is 4.74. The van der Waals surface area contributed by atoms with Crippen LogP contribution < -0.4 is 0 Å². The molecule has 118 valence electrons. The number of nitrogens with zero attached hydrogens (tertiary/aromatic N) is 5. The van der Waals surface area contributed by atoms with Crippen molar-refractivity contribution in [3.8, 4) is 0 Å². The van der Waals surface area contributed by atoms with Crippen LogP contribution >= 0.6 is 11.6 Å². The van der Waals surface area contributed by atoms with E-state index >= 15 is 0 Å². The Balaban J connectivity index is 2.11. The van der Waals surface area contributed by atoms with Crippen LogP contribution in [0.15, 0.2) is 33.9 Å².